The van der Waals surface area contributed by atoms with Gasteiger partial charge in [0.05, 0.1) is 11.4 Å². The summed E-state index contributed by atoms with van der Waals surface area (Å²) in [6.45, 7) is 6.62. The molecular weight excluding hydrogens is 368 g/mol. The molecule has 1 fully saturated rings. The van der Waals surface area contributed by atoms with Crippen LogP contribution in [0.2, 0.25) is 5.02 Å². The second-order valence-electron chi connectivity index (χ2n) is 7.38. The molecule has 4 nitrogen and oxygen atoms in total. The van der Waals surface area contributed by atoms with Gasteiger partial charge in [-0.05, 0) is 67.3 Å². The minimum absolute atomic E-state index is 0.0170. The number of benzene rings is 1. The molecule has 0 spiro atoms. The Morgan fingerprint density at radius 3 is 2.77 bits per heavy atom. The first kappa shape index (κ1) is 18.9. The second-order valence-corrected chi connectivity index (χ2v) is 8.78. The largest absolute Gasteiger partial charge is 0.369 e. The normalized spacial score (nSPS) is 23.4. The van der Waals surface area contributed by atoms with Crippen LogP contribution < -0.4 is 4.90 Å². The van der Waals surface area contributed by atoms with E-state index in [2.05, 4.69) is 38.6 Å². The van der Waals surface area contributed by atoms with Gasteiger partial charge in [-0.3, -0.25) is 14.5 Å². The fourth-order valence-electron chi connectivity index (χ4n) is 3.58. The smallest absolute Gasteiger partial charge is 0.294 e. The zero-order valence-corrected chi connectivity index (χ0v) is 16.9. The Hall–Kier alpha value is -1.90. The average molecular weight is 389 g/mol. The first-order chi connectivity index (χ1) is 12.2. The van der Waals surface area contributed by atoms with E-state index in [9.17, 15) is 9.59 Å². The van der Waals surface area contributed by atoms with Crippen molar-refractivity contribution in [3.8, 4) is 12.3 Å². The number of hydrogen-bond acceptors (Lipinski definition) is 4. The highest BCUT2D eigenvalue weighted by Gasteiger charge is 2.36. The van der Waals surface area contributed by atoms with Gasteiger partial charge in [0.2, 0.25) is 0 Å². The molecule has 1 aromatic rings. The molecule has 136 valence electrons. The Bertz CT molecular complexity index is 869. The lowest BCUT2D eigenvalue weighted by molar-refractivity contribution is -0.122. The number of nitrogens with zero attached hydrogens (tertiary/aromatic N) is 2. The summed E-state index contributed by atoms with van der Waals surface area (Å²) in [4.78, 5) is 28.0. The Morgan fingerprint density at radius 2 is 2.12 bits per heavy atom. The van der Waals surface area contributed by atoms with Crippen LogP contribution in [-0.4, -0.2) is 35.2 Å². The SMILES string of the molecule is C#CCN1C(=O)S/C(=C\c2cc3c(cc2Cl)N(C)C(C)(C)C[C@H]3C)C1=O. The van der Waals surface area contributed by atoms with Crippen molar-refractivity contribution in [3.05, 3.63) is 33.2 Å². The molecular formula is C20H21ClN2O2S. The lowest BCUT2D eigenvalue weighted by Crippen LogP contribution is -2.45. The zero-order valence-electron chi connectivity index (χ0n) is 15.3. The van der Waals surface area contributed by atoms with E-state index in [0.717, 1.165) is 34.3 Å². The Morgan fingerprint density at radius 1 is 1.42 bits per heavy atom. The molecule has 1 atom stereocenters. The van der Waals surface area contributed by atoms with Gasteiger partial charge in [-0.2, -0.15) is 0 Å². The van der Waals surface area contributed by atoms with Crippen molar-refractivity contribution in [2.24, 2.45) is 0 Å². The number of carbonyl (C=O) groups excluding carboxylic acids is 2. The molecule has 3 rings (SSSR count). The fourth-order valence-corrected chi connectivity index (χ4v) is 4.63. The first-order valence-electron chi connectivity index (χ1n) is 8.42. The van der Waals surface area contributed by atoms with E-state index < -0.39 is 0 Å². The molecule has 0 aromatic heterocycles. The highest BCUT2D eigenvalue weighted by molar-refractivity contribution is 8.18. The number of fused-ring (bicyclic) bond motifs is 1. The monoisotopic (exact) mass is 388 g/mol. The number of halogens is 1. The number of hydrogen-bond donors (Lipinski definition) is 0. The summed E-state index contributed by atoms with van der Waals surface area (Å²) in [5.41, 5.74) is 3.10. The van der Waals surface area contributed by atoms with Gasteiger partial charge in [-0.1, -0.05) is 24.4 Å². The molecule has 2 aliphatic rings. The molecule has 2 amide bonds. The summed E-state index contributed by atoms with van der Waals surface area (Å²) < 4.78 is 0. The number of carbonyl (C=O) groups is 2. The lowest BCUT2D eigenvalue weighted by atomic mass is 9.80. The molecule has 0 radical (unpaired) electrons. The predicted molar refractivity (Wildman–Crippen MR) is 108 cm³/mol. The van der Waals surface area contributed by atoms with Gasteiger partial charge >= 0.3 is 0 Å². The van der Waals surface area contributed by atoms with Gasteiger partial charge in [0.15, 0.2) is 0 Å². The van der Waals surface area contributed by atoms with Gasteiger partial charge in [-0.25, -0.2) is 0 Å². The van der Waals surface area contributed by atoms with Gasteiger partial charge in [0.25, 0.3) is 11.1 Å². The number of amides is 2. The summed E-state index contributed by atoms with van der Waals surface area (Å²) in [5.74, 6) is 2.35. The third-order valence-corrected chi connectivity index (χ3v) is 6.40. The van der Waals surface area contributed by atoms with Crippen LogP contribution in [0.3, 0.4) is 0 Å². The number of thioether (sulfide) groups is 1. The van der Waals surface area contributed by atoms with Crippen molar-refractivity contribution in [1.29, 1.82) is 0 Å². The molecule has 26 heavy (non-hydrogen) atoms. The van der Waals surface area contributed by atoms with Crippen molar-refractivity contribution in [2.45, 2.75) is 38.6 Å². The van der Waals surface area contributed by atoms with E-state index >= 15 is 0 Å². The standard InChI is InChI=1S/C20H21ClN2O2S/c1-6-7-23-18(24)17(26-19(23)25)9-13-8-14-12(2)11-20(3,4)22(5)16(14)10-15(13)21/h1,8-10,12H,7,11H2,2-5H3/b17-9-/t12-/m1/s1. The van der Waals surface area contributed by atoms with E-state index in [1.54, 1.807) is 6.08 Å². The van der Waals surface area contributed by atoms with Crippen LogP contribution in [0.15, 0.2) is 17.0 Å². The van der Waals surface area contributed by atoms with Crippen LogP contribution in [0, 0.1) is 12.3 Å². The molecule has 2 heterocycles. The number of imide groups is 1. The van der Waals surface area contributed by atoms with Crippen LogP contribution in [0.4, 0.5) is 10.5 Å². The summed E-state index contributed by atoms with van der Waals surface area (Å²) in [6.07, 6.45) is 7.95. The van der Waals surface area contributed by atoms with Gasteiger partial charge in [0, 0.05) is 23.3 Å². The summed E-state index contributed by atoms with van der Waals surface area (Å²) in [6, 6.07) is 3.98. The quantitative estimate of drug-likeness (QED) is 0.542. The van der Waals surface area contributed by atoms with Crippen molar-refractivity contribution >= 4 is 46.3 Å². The predicted octanol–water partition coefficient (Wildman–Crippen LogP) is 4.73. The number of anilines is 1. The fraction of sp³-hybridized carbons (Fsp3) is 0.400. The van der Waals surface area contributed by atoms with Gasteiger partial charge in [-0.15, -0.1) is 6.42 Å². The number of rotatable bonds is 2. The first-order valence-corrected chi connectivity index (χ1v) is 9.61. The van der Waals surface area contributed by atoms with Crippen molar-refractivity contribution in [2.75, 3.05) is 18.5 Å². The summed E-state index contributed by atoms with van der Waals surface area (Å²) >= 11 is 7.40. The molecule has 1 saturated heterocycles. The van der Waals surface area contributed by atoms with Crippen LogP contribution in [0.1, 0.15) is 44.2 Å². The van der Waals surface area contributed by atoms with E-state index in [-0.39, 0.29) is 23.2 Å². The highest BCUT2D eigenvalue weighted by Crippen LogP contribution is 2.45. The molecule has 6 heteroatoms. The third-order valence-electron chi connectivity index (χ3n) is 5.16. The number of terminal acetylenes is 1. The third kappa shape index (κ3) is 3.13. The molecule has 0 N–H and O–H groups in total. The van der Waals surface area contributed by atoms with Crippen LogP contribution >= 0.6 is 23.4 Å². The Balaban J connectivity index is 2.02. The van der Waals surface area contributed by atoms with Gasteiger partial charge in [0.1, 0.15) is 0 Å². The summed E-state index contributed by atoms with van der Waals surface area (Å²) in [5, 5.41) is 0.215. The topological polar surface area (TPSA) is 40.6 Å². The highest BCUT2D eigenvalue weighted by atomic mass is 35.5. The Labute approximate surface area is 163 Å². The maximum atomic E-state index is 12.4. The zero-order chi connectivity index (χ0) is 19.2. The average Bonchev–Trinajstić information content (AvgIpc) is 2.82. The van der Waals surface area contributed by atoms with Crippen LogP contribution in [-0.2, 0) is 4.79 Å². The van der Waals surface area contributed by atoms with Crippen molar-refractivity contribution in [3.63, 3.8) is 0 Å². The second kappa shape index (κ2) is 6.68. The molecule has 0 bridgehead atoms. The molecule has 0 saturated carbocycles. The molecule has 1 aromatic carbocycles. The minimum atomic E-state index is -0.363. The van der Waals surface area contributed by atoms with E-state index in [1.165, 1.54) is 5.56 Å². The molecule has 2 aliphatic heterocycles. The van der Waals surface area contributed by atoms with E-state index in [0.29, 0.717) is 15.8 Å². The van der Waals surface area contributed by atoms with Crippen molar-refractivity contribution in [1.82, 2.24) is 4.90 Å². The van der Waals surface area contributed by atoms with Gasteiger partial charge < -0.3 is 4.90 Å². The Kier molecular flexibility index (Phi) is 4.85. The van der Waals surface area contributed by atoms with E-state index in [1.807, 2.05) is 12.1 Å². The van der Waals surface area contributed by atoms with Crippen LogP contribution in [0.25, 0.3) is 6.08 Å². The molecule has 0 unspecified atom stereocenters. The van der Waals surface area contributed by atoms with Crippen LogP contribution in [0.5, 0.6) is 0 Å². The summed E-state index contributed by atoms with van der Waals surface area (Å²) in [7, 11) is 2.08. The molecule has 0 aliphatic carbocycles. The van der Waals surface area contributed by atoms with E-state index in [4.69, 9.17) is 18.0 Å². The van der Waals surface area contributed by atoms with Crippen molar-refractivity contribution < 1.29 is 9.59 Å². The lowest BCUT2D eigenvalue weighted by Gasteiger charge is -2.45. The maximum absolute atomic E-state index is 12.4. The maximum Gasteiger partial charge on any atom is 0.294 e. The minimum Gasteiger partial charge on any atom is -0.369 e.